The quantitative estimate of drug-likeness (QED) is 0.520. The monoisotopic (exact) mass is 373 g/mol. The molecule has 1 unspecified atom stereocenters. The average molecular weight is 374 g/mol. The van der Waals surface area contributed by atoms with Crippen LogP contribution in [0.2, 0.25) is 0 Å². The third-order valence-corrected chi connectivity index (χ3v) is 4.05. The number of rotatable bonds is 3. The van der Waals surface area contributed by atoms with Gasteiger partial charge >= 0.3 is 0 Å². The van der Waals surface area contributed by atoms with Crippen LogP contribution in [0.25, 0.3) is 0 Å². The Hall–Kier alpha value is -1.34. The molecule has 1 heteroatoms. The molecule has 0 saturated carbocycles. The second-order valence-corrected chi connectivity index (χ2v) is 8.79. The van der Waals surface area contributed by atoms with E-state index >= 15 is 0 Å². The zero-order valence-corrected chi connectivity index (χ0v) is 20.0. The third-order valence-electron chi connectivity index (χ3n) is 4.05. The van der Waals surface area contributed by atoms with Gasteiger partial charge in [0.05, 0.1) is 0 Å². The van der Waals surface area contributed by atoms with Crippen LogP contribution < -0.4 is 0 Å². The van der Waals surface area contributed by atoms with Crippen LogP contribution in [0.5, 0.6) is 0 Å². The first-order chi connectivity index (χ1) is 12.6. The van der Waals surface area contributed by atoms with E-state index in [0.717, 1.165) is 0 Å². The van der Waals surface area contributed by atoms with Gasteiger partial charge in [0.2, 0.25) is 0 Å². The molecular weight excluding hydrogens is 326 g/mol. The largest absolute Gasteiger partial charge is 0.312 e. The van der Waals surface area contributed by atoms with E-state index in [9.17, 15) is 0 Å². The Morgan fingerprint density at radius 3 is 1.48 bits per heavy atom. The standard InChI is InChI=1S/C15H24.C6H8.C3H9N.C2H6/c1-6-15(5,12-14(2,3)4)13-10-8-7-9-11-13;1-2-4-6-5-3-1;1-4(2)3;1-2/h7-11H,6,12H2,1-5H3;1-4H,5-6H2;1-3H3;1-2H3. The lowest BCUT2D eigenvalue weighted by Crippen LogP contribution is -2.27. The van der Waals surface area contributed by atoms with Gasteiger partial charge in [0.15, 0.2) is 0 Å². The fourth-order valence-electron chi connectivity index (χ4n) is 2.98. The Morgan fingerprint density at radius 2 is 1.22 bits per heavy atom. The van der Waals surface area contributed by atoms with Gasteiger partial charge in [-0.2, -0.15) is 0 Å². The number of hydrogen-bond acceptors (Lipinski definition) is 1. The molecule has 1 aliphatic carbocycles. The van der Waals surface area contributed by atoms with Crippen LogP contribution in [-0.4, -0.2) is 26.0 Å². The maximum absolute atomic E-state index is 2.38. The molecule has 0 amide bonds. The number of hydrogen-bond donors (Lipinski definition) is 0. The van der Waals surface area contributed by atoms with Crippen molar-refractivity contribution in [2.75, 3.05) is 21.1 Å². The highest BCUT2D eigenvalue weighted by atomic mass is 15.0. The molecule has 1 aliphatic rings. The van der Waals surface area contributed by atoms with Crippen molar-refractivity contribution in [3.8, 4) is 0 Å². The van der Waals surface area contributed by atoms with Crippen LogP contribution in [0.3, 0.4) is 0 Å². The van der Waals surface area contributed by atoms with Gasteiger partial charge in [0.1, 0.15) is 0 Å². The summed E-state index contributed by atoms with van der Waals surface area (Å²) in [5.41, 5.74) is 2.18. The van der Waals surface area contributed by atoms with Crippen molar-refractivity contribution in [3.63, 3.8) is 0 Å². The van der Waals surface area contributed by atoms with Crippen LogP contribution in [0, 0.1) is 5.41 Å². The molecule has 2 rings (SSSR count). The van der Waals surface area contributed by atoms with Crippen molar-refractivity contribution in [3.05, 3.63) is 60.2 Å². The molecule has 0 aromatic heterocycles. The Bertz CT molecular complexity index is 476. The lowest BCUT2D eigenvalue weighted by atomic mass is 9.69. The molecule has 0 bridgehead atoms. The van der Waals surface area contributed by atoms with Crippen molar-refractivity contribution < 1.29 is 0 Å². The second-order valence-electron chi connectivity index (χ2n) is 8.79. The highest BCUT2D eigenvalue weighted by Gasteiger charge is 2.29. The Kier molecular flexibility index (Phi) is 16.2. The van der Waals surface area contributed by atoms with Gasteiger partial charge in [-0.1, -0.05) is 103 Å². The molecule has 1 aromatic rings. The van der Waals surface area contributed by atoms with Crippen LogP contribution in [0.15, 0.2) is 54.6 Å². The number of allylic oxidation sites excluding steroid dienone is 4. The summed E-state index contributed by atoms with van der Waals surface area (Å²) < 4.78 is 0. The molecule has 0 spiro atoms. The minimum Gasteiger partial charge on any atom is -0.312 e. The summed E-state index contributed by atoms with van der Waals surface area (Å²) in [6.07, 6.45) is 13.4. The van der Waals surface area contributed by atoms with Gasteiger partial charge < -0.3 is 4.90 Å². The molecule has 0 heterocycles. The maximum atomic E-state index is 2.38. The summed E-state index contributed by atoms with van der Waals surface area (Å²) in [5, 5.41) is 0. The van der Waals surface area contributed by atoms with E-state index in [0.29, 0.717) is 10.8 Å². The van der Waals surface area contributed by atoms with E-state index in [1.165, 1.54) is 31.2 Å². The molecule has 0 N–H and O–H groups in total. The van der Waals surface area contributed by atoms with E-state index in [4.69, 9.17) is 0 Å². The summed E-state index contributed by atoms with van der Waals surface area (Å²) in [7, 11) is 6.00. The summed E-state index contributed by atoms with van der Waals surface area (Å²) in [6.45, 7) is 15.6. The first kappa shape index (κ1) is 27.9. The fraction of sp³-hybridized carbons (Fsp3) is 0.615. The van der Waals surface area contributed by atoms with E-state index in [1.807, 2.05) is 39.9 Å². The first-order valence-electron chi connectivity index (χ1n) is 10.6. The van der Waals surface area contributed by atoms with E-state index in [1.54, 1.807) is 0 Å². The van der Waals surface area contributed by atoms with Gasteiger partial charge in [-0.25, -0.2) is 0 Å². The van der Waals surface area contributed by atoms with Crippen LogP contribution in [0.1, 0.15) is 79.7 Å². The summed E-state index contributed by atoms with van der Waals surface area (Å²) in [5.74, 6) is 0. The van der Waals surface area contributed by atoms with Gasteiger partial charge in [0, 0.05) is 0 Å². The number of nitrogens with zero attached hydrogens (tertiary/aromatic N) is 1. The van der Waals surface area contributed by atoms with Gasteiger partial charge in [-0.15, -0.1) is 0 Å². The molecule has 0 aliphatic heterocycles. The minimum atomic E-state index is 0.319. The average Bonchev–Trinajstić information content (AvgIpc) is 2.64. The molecule has 0 fully saturated rings. The van der Waals surface area contributed by atoms with Crippen LogP contribution in [0.4, 0.5) is 0 Å². The van der Waals surface area contributed by atoms with Crippen molar-refractivity contribution in [1.82, 2.24) is 4.90 Å². The Balaban J connectivity index is 0. The van der Waals surface area contributed by atoms with Crippen molar-refractivity contribution >= 4 is 0 Å². The fourth-order valence-corrected chi connectivity index (χ4v) is 2.98. The van der Waals surface area contributed by atoms with Gasteiger partial charge in [0.25, 0.3) is 0 Å². The normalized spacial score (nSPS) is 14.6. The SMILES string of the molecule is C1=CCCC=C1.CC.CCC(C)(CC(C)(C)C)c1ccccc1.CN(C)C. The predicted molar refractivity (Wildman–Crippen MR) is 127 cm³/mol. The lowest BCUT2D eigenvalue weighted by Gasteiger charge is -2.35. The van der Waals surface area contributed by atoms with E-state index in [2.05, 4.69) is 89.3 Å². The Morgan fingerprint density at radius 1 is 0.815 bits per heavy atom. The van der Waals surface area contributed by atoms with E-state index in [-0.39, 0.29) is 0 Å². The summed E-state index contributed by atoms with van der Waals surface area (Å²) in [6, 6.07) is 10.9. The maximum Gasteiger partial charge on any atom is -0.00729 e. The topological polar surface area (TPSA) is 3.24 Å². The van der Waals surface area contributed by atoms with Crippen molar-refractivity contribution in [2.24, 2.45) is 5.41 Å². The summed E-state index contributed by atoms with van der Waals surface area (Å²) >= 11 is 0. The molecule has 0 radical (unpaired) electrons. The predicted octanol–water partition coefficient (Wildman–Crippen LogP) is 7.89. The van der Waals surface area contributed by atoms with Gasteiger partial charge in [-0.05, 0) is 63.2 Å². The highest BCUT2D eigenvalue weighted by molar-refractivity contribution is 5.24. The van der Waals surface area contributed by atoms with Crippen LogP contribution in [-0.2, 0) is 5.41 Å². The van der Waals surface area contributed by atoms with Crippen molar-refractivity contribution in [2.45, 2.75) is 79.6 Å². The molecule has 0 saturated heterocycles. The molecule has 156 valence electrons. The summed E-state index contributed by atoms with van der Waals surface area (Å²) in [4.78, 5) is 2.00. The highest BCUT2D eigenvalue weighted by Crippen LogP contribution is 2.38. The second kappa shape index (κ2) is 15.7. The van der Waals surface area contributed by atoms with E-state index < -0.39 is 0 Å². The molecule has 1 atom stereocenters. The van der Waals surface area contributed by atoms with Crippen molar-refractivity contribution in [1.29, 1.82) is 0 Å². The molecule has 1 aromatic carbocycles. The molecule has 27 heavy (non-hydrogen) atoms. The third kappa shape index (κ3) is 16.6. The molecule has 1 nitrogen and oxygen atoms in total. The lowest BCUT2D eigenvalue weighted by molar-refractivity contribution is 0.261. The zero-order valence-electron chi connectivity index (χ0n) is 20.0. The smallest absolute Gasteiger partial charge is 0.00729 e. The van der Waals surface area contributed by atoms with Crippen LogP contribution >= 0.6 is 0 Å². The minimum absolute atomic E-state index is 0.319. The zero-order chi connectivity index (χ0) is 21.3. The molecular formula is C26H47N. The first-order valence-corrected chi connectivity index (χ1v) is 10.6. The number of benzene rings is 1. The Labute approximate surface area is 171 Å². The van der Waals surface area contributed by atoms with Gasteiger partial charge in [-0.3, -0.25) is 0 Å².